The lowest BCUT2D eigenvalue weighted by Crippen LogP contribution is -2.56. The molecule has 0 amide bonds. The number of hydrogen-bond donors (Lipinski definition) is 1. The summed E-state index contributed by atoms with van der Waals surface area (Å²) in [6.45, 7) is 9.61. The smallest absolute Gasteiger partial charge is 0.146 e. The Morgan fingerprint density at radius 1 is 1.33 bits per heavy atom. The lowest BCUT2D eigenvalue weighted by molar-refractivity contribution is 0.0418. The first-order valence-electron chi connectivity index (χ1n) is 8.21. The van der Waals surface area contributed by atoms with E-state index < -0.39 is 0 Å². The summed E-state index contributed by atoms with van der Waals surface area (Å²) in [5, 5.41) is 3.52. The summed E-state index contributed by atoms with van der Waals surface area (Å²) in [5.41, 5.74) is 0.667. The van der Waals surface area contributed by atoms with Crippen molar-refractivity contribution >= 4 is 0 Å². The summed E-state index contributed by atoms with van der Waals surface area (Å²) in [4.78, 5) is 6.44. The molecule has 3 nitrogen and oxygen atoms in total. The molecular weight excluding hydrogens is 265 g/mol. The summed E-state index contributed by atoms with van der Waals surface area (Å²) in [6, 6.07) is 1.81. The molecule has 0 aliphatic carbocycles. The molecule has 2 rings (SSSR count). The molecule has 118 valence electrons. The van der Waals surface area contributed by atoms with E-state index in [1.54, 1.807) is 6.20 Å². The molecule has 1 aromatic rings. The maximum atomic E-state index is 14.3. The minimum atomic E-state index is -0.208. The monoisotopic (exact) mass is 293 g/mol. The molecular formula is C17H28FN3. The molecule has 1 saturated heterocycles. The normalized spacial score (nSPS) is 21.0. The molecule has 21 heavy (non-hydrogen) atoms. The Balaban J connectivity index is 2.35. The van der Waals surface area contributed by atoms with Crippen LogP contribution in [0.15, 0.2) is 18.5 Å². The van der Waals surface area contributed by atoms with Gasteiger partial charge in [-0.05, 0) is 51.9 Å². The molecule has 2 atom stereocenters. The van der Waals surface area contributed by atoms with E-state index in [0.29, 0.717) is 0 Å². The maximum absolute atomic E-state index is 14.3. The first-order chi connectivity index (χ1) is 10.1. The van der Waals surface area contributed by atoms with E-state index in [4.69, 9.17) is 0 Å². The highest BCUT2D eigenvalue weighted by atomic mass is 19.1. The second-order valence-electron chi connectivity index (χ2n) is 6.15. The molecule has 0 spiro atoms. The van der Waals surface area contributed by atoms with Crippen LogP contribution in [0.5, 0.6) is 0 Å². The third kappa shape index (κ3) is 3.43. The molecule has 1 aliphatic heterocycles. The zero-order chi connectivity index (χ0) is 15.3. The van der Waals surface area contributed by atoms with Crippen LogP contribution in [0.2, 0.25) is 0 Å². The van der Waals surface area contributed by atoms with E-state index in [9.17, 15) is 4.39 Å². The highest BCUT2D eigenvalue weighted by Gasteiger charge is 2.40. The summed E-state index contributed by atoms with van der Waals surface area (Å²) < 4.78 is 14.3. The van der Waals surface area contributed by atoms with Crippen molar-refractivity contribution in [3.63, 3.8) is 0 Å². The van der Waals surface area contributed by atoms with Gasteiger partial charge in [0.15, 0.2) is 0 Å². The Morgan fingerprint density at radius 3 is 2.62 bits per heavy atom. The Labute approximate surface area is 127 Å². The van der Waals surface area contributed by atoms with Crippen LogP contribution in [-0.4, -0.2) is 35.1 Å². The Hall–Kier alpha value is -1.00. The van der Waals surface area contributed by atoms with Gasteiger partial charge in [-0.25, -0.2) is 4.39 Å². The summed E-state index contributed by atoms with van der Waals surface area (Å²) in [5.74, 6) is -0.208. The van der Waals surface area contributed by atoms with Crippen molar-refractivity contribution < 1.29 is 4.39 Å². The van der Waals surface area contributed by atoms with E-state index >= 15 is 0 Å². The van der Waals surface area contributed by atoms with Gasteiger partial charge >= 0.3 is 0 Å². The van der Waals surface area contributed by atoms with Crippen molar-refractivity contribution in [3.05, 3.63) is 29.8 Å². The van der Waals surface area contributed by atoms with Crippen molar-refractivity contribution in [1.82, 2.24) is 15.2 Å². The van der Waals surface area contributed by atoms with Crippen LogP contribution in [0, 0.1) is 5.82 Å². The highest BCUT2D eigenvalue weighted by Crippen LogP contribution is 2.36. The van der Waals surface area contributed by atoms with Crippen LogP contribution in [0.1, 0.15) is 58.1 Å². The minimum absolute atomic E-state index is 0.00593. The first kappa shape index (κ1) is 16.4. The van der Waals surface area contributed by atoms with E-state index in [2.05, 4.69) is 36.0 Å². The fraction of sp³-hybridized carbons (Fsp3) is 0.706. The molecule has 0 bridgehead atoms. The van der Waals surface area contributed by atoms with E-state index in [1.807, 2.05) is 6.07 Å². The Bertz CT molecular complexity index is 445. The van der Waals surface area contributed by atoms with Crippen LogP contribution in [0.4, 0.5) is 4.39 Å². The zero-order valence-electron chi connectivity index (χ0n) is 13.5. The molecule has 2 heterocycles. The topological polar surface area (TPSA) is 28.2 Å². The van der Waals surface area contributed by atoms with Crippen LogP contribution < -0.4 is 5.32 Å². The van der Waals surface area contributed by atoms with Crippen LogP contribution in [0.3, 0.4) is 0 Å². The maximum Gasteiger partial charge on any atom is 0.146 e. The number of pyridine rings is 1. The molecule has 1 fully saturated rings. The number of piperidine rings is 1. The number of hydrogen-bond acceptors (Lipinski definition) is 3. The van der Waals surface area contributed by atoms with Gasteiger partial charge in [0.05, 0.1) is 12.2 Å². The molecule has 1 aliphatic rings. The quantitative estimate of drug-likeness (QED) is 0.869. The average Bonchev–Trinajstić information content (AvgIpc) is 2.53. The summed E-state index contributed by atoms with van der Waals surface area (Å²) in [6.07, 6.45) is 7.81. The second kappa shape index (κ2) is 7.32. The van der Waals surface area contributed by atoms with Crippen molar-refractivity contribution in [1.29, 1.82) is 0 Å². The van der Waals surface area contributed by atoms with Gasteiger partial charge in [0, 0.05) is 17.3 Å². The van der Waals surface area contributed by atoms with Gasteiger partial charge in [-0.3, -0.25) is 9.88 Å². The van der Waals surface area contributed by atoms with Crippen LogP contribution in [-0.2, 0) is 0 Å². The predicted octanol–water partition coefficient (Wildman–Crippen LogP) is 3.53. The highest BCUT2D eigenvalue weighted by molar-refractivity contribution is 5.22. The van der Waals surface area contributed by atoms with E-state index in [0.717, 1.165) is 31.6 Å². The number of halogens is 1. The largest absolute Gasteiger partial charge is 0.309 e. The van der Waals surface area contributed by atoms with Gasteiger partial charge in [0.1, 0.15) is 5.82 Å². The van der Waals surface area contributed by atoms with Gasteiger partial charge in [0.25, 0.3) is 0 Å². The predicted molar refractivity (Wildman–Crippen MR) is 84.7 cm³/mol. The third-order valence-electron chi connectivity index (χ3n) is 4.94. The van der Waals surface area contributed by atoms with E-state index in [-0.39, 0.29) is 17.4 Å². The number of likely N-dealkylation sites (tertiary alicyclic amines) is 1. The Kier molecular flexibility index (Phi) is 5.71. The van der Waals surface area contributed by atoms with Crippen molar-refractivity contribution in [3.8, 4) is 0 Å². The molecule has 4 heteroatoms. The van der Waals surface area contributed by atoms with Gasteiger partial charge in [-0.15, -0.1) is 0 Å². The van der Waals surface area contributed by atoms with Crippen molar-refractivity contribution in [2.45, 2.75) is 58.0 Å². The average molecular weight is 293 g/mol. The molecule has 0 saturated carbocycles. The van der Waals surface area contributed by atoms with Crippen molar-refractivity contribution in [2.75, 3.05) is 19.6 Å². The van der Waals surface area contributed by atoms with Gasteiger partial charge in [0.2, 0.25) is 0 Å². The molecule has 0 radical (unpaired) electrons. The standard InChI is InChI=1S/C17H28FN3/c1-4-17(3,21-11-7-6-8-12-21)16(20-5-2)14-9-10-19-13-15(14)18/h9-10,13,16,20H,4-8,11-12H2,1-3H3. The lowest BCUT2D eigenvalue weighted by atomic mass is 9.81. The lowest BCUT2D eigenvalue weighted by Gasteiger charge is -2.48. The van der Waals surface area contributed by atoms with Crippen LogP contribution >= 0.6 is 0 Å². The minimum Gasteiger partial charge on any atom is -0.309 e. The fourth-order valence-electron chi connectivity index (χ4n) is 3.50. The van der Waals surface area contributed by atoms with E-state index in [1.165, 1.54) is 25.5 Å². The fourth-order valence-corrected chi connectivity index (χ4v) is 3.50. The molecule has 0 aromatic carbocycles. The zero-order valence-corrected chi connectivity index (χ0v) is 13.5. The van der Waals surface area contributed by atoms with Crippen LogP contribution in [0.25, 0.3) is 0 Å². The molecule has 1 N–H and O–H groups in total. The van der Waals surface area contributed by atoms with Crippen molar-refractivity contribution in [2.24, 2.45) is 0 Å². The van der Waals surface area contributed by atoms with Gasteiger partial charge < -0.3 is 5.32 Å². The number of likely N-dealkylation sites (N-methyl/N-ethyl adjacent to an activating group) is 1. The van der Waals surface area contributed by atoms with Gasteiger partial charge in [-0.2, -0.15) is 0 Å². The number of nitrogens with one attached hydrogen (secondary N) is 1. The molecule has 2 unspecified atom stereocenters. The summed E-state index contributed by atoms with van der Waals surface area (Å²) in [7, 11) is 0. The first-order valence-corrected chi connectivity index (χ1v) is 8.21. The Morgan fingerprint density at radius 2 is 2.05 bits per heavy atom. The SMILES string of the molecule is CCNC(c1ccncc1F)C(C)(CC)N1CCCCC1. The number of nitrogens with zero attached hydrogens (tertiary/aromatic N) is 2. The number of rotatable bonds is 6. The number of aromatic nitrogens is 1. The van der Waals surface area contributed by atoms with Gasteiger partial charge in [-0.1, -0.05) is 20.3 Å². The molecule has 1 aromatic heterocycles. The summed E-state index contributed by atoms with van der Waals surface area (Å²) >= 11 is 0. The third-order valence-corrected chi connectivity index (χ3v) is 4.94. The second-order valence-corrected chi connectivity index (χ2v) is 6.15.